The summed E-state index contributed by atoms with van der Waals surface area (Å²) >= 11 is 0. The van der Waals surface area contributed by atoms with Crippen molar-refractivity contribution in [3.05, 3.63) is 0 Å². The average molecular weight is 229 g/mol. The molecular weight excluding hydrogens is 210 g/mol. The SMILES string of the molecule is CC(=O)[C@H]1C[C@@H](O)CN1C(=O)OC(C)(C)C. The average Bonchev–Trinajstić information content (AvgIpc) is 2.44. The summed E-state index contributed by atoms with van der Waals surface area (Å²) in [5.41, 5.74) is -0.591. The summed E-state index contributed by atoms with van der Waals surface area (Å²) in [5.74, 6) is -0.123. The minimum atomic E-state index is -0.638. The van der Waals surface area contributed by atoms with Gasteiger partial charge >= 0.3 is 6.09 Å². The van der Waals surface area contributed by atoms with Gasteiger partial charge in [0.2, 0.25) is 0 Å². The number of hydrogen-bond donors (Lipinski definition) is 1. The Kier molecular flexibility index (Phi) is 3.57. The number of amides is 1. The number of carbonyl (C=O) groups is 2. The molecule has 0 radical (unpaired) electrons. The van der Waals surface area contributed by atoms with Gasteiger partial charge in [-0.05, 0) is 27.7 Å². The molecule has 0 aromatic heterocycles. The molecule has 0 aliphatic carbocycles. The smallest absolute Gasteiger partial charge is 0.410 e. The number of Topliss-reactive ketones (excluding diaryl/α,β-unsaturated/α-hetero) is 1. The van der Waals surface area contributed by atoms with Crippen LogP contribution in [0, 0.1) is 0 Å². The Hall–Kier alpha value is -1.10. The lowest BCUT2D eigenvalue weighted by molar-refractivity contribution is -0.121. The van der Waals surface area contributed by atoms with E-state index in [4.69, 9.17) is 4.74 Å². The zero-order chi connectivity index (χ0) is 12.5. The van der Waals surface area contributed by atoms with Crippen LogP contribution in [-0.2, 0) is 9.53 Å². The van der Waals surface area contributed by atoms with Crippen LogP contribution in [0.25, 0.3) is 0 Å². The van der Waals surface area contributed by atoms with E-state index in [1.165, 1.54) is 11.8 Å². The molecule has 0 aromatic rings. The minimum absolute atomic E-state index is 0.123. The summed E-state index contributed by atoms with van der Waals surface area (Å²) in [6.07, 6.45) is -0.875. The molecule has 1 aliphatic heterocycles. The lowest BCUT2D eigenvalue weighted by Crippen LogP contribution is -2.42. The Bertz CT molecular complexity index is 295. The van der Waals surface area contributed by atoms with Crippen LogP contribution < -0.4 is 0 Å². The van der Waals surface area contributed by atoms with Crippen LogP contribution in [0.1, 0.15) is 34.1 Å². The minimum Gasteiger partial charge on any atom is -0.444 e. The zero-order valence-corrected chi connectivity index (χ0v) is 10.2. The first-order valence-corrected chi connectivity index (χ1v) is 5.39. The van der Waals surface area contributed by atoms with Gasteiger partial charge in [-0.2, -0.15) is 0 Å². The van der Waals surface area contributed by atoms with Gasteiger partial charge in [-0.15, -0.1) is 0 Å². The summed E-state index contributed by atoms with van der Waals surface area (Å²) in [6, 6.07) is -0.551. The van der Waals surface area contributed by atoms with Gasteiger partial charge in [-0.25, -0.2) is 4.79 Å². The van der Waals surface area contributed by atoms with E-state index in [9.17, 15) is 14.7 Å². The van der Waals surface area contributed by atoms with Gasteiger partial charge in [-0.3, -0.25) is 9.69 Å². The standard InChI is InChI=1S/C11H19NO4/c1-7(13)9-5-8(14)6-12(9)10(15)16-11(2,3)4/h8-9,14H,5-6H2,1-4H3/t8-,9-/m1/s1. The Balaban J connectivity index is 2.71. The quantitative estimate of drug-likeness (QED) is 0.726. The molecule has 0 aromatic carbocycles. The fraction of sp³-hybridized carbons (Fsp3) is 0.818. The summed E-state index contributed by atoms with van der Waals surface area (Å²) in [4.78, 5) is 24.4. The van der Waals surface area contributed by atoms with Crippen LogP contribution in [0.3, 0.4) is 0 Å². The highest BCUT2D eigenvalue weighted by Crippen LogP contribution is 2.21. The van der Waals surface area contributed by atoms with Crippen molar-refractivity contribution >= 4 is 11.9 Å². The maximum atomic E-state index is 11.8. The Morgan fingerprint density at radius 1 is 1.38 bits per heavy atom. The first-order valence-electron chi connectivity index (χ1n) is 5.39. The van der Waals surface area contributed by atoms with E-state index >= 15 is 0 Å². The number of nitrogens with zero attached hydrogens (tertiary/aromatic N) is 1. The molecule has 92 valence electrons. The number of rotatable bonds is 1. The van der Waals surface area contributed by atoms with Crippen LogP contribution in [0.4, 0.5) is 4.79 Å². The van der Waals surface area contributed by atoms with E-state index in [1.54, 1.807) is 20.8 Å². The molecule has 5 heteroatoms. The molecule has 0 saturated carbocycles. The molecule has 1 amide bonds. The third kappa shape index (κ3) is 3.20. The summed E-state index contributed by atoms with van der Waals surface area (Å²) in [5, 5.41) is 9.46. The van der Waals surface area contributed by atoms with Gasteiger partial charge in [-0.1, -0.05) is 0 Å². The van der Waals surface area contributed by atoms with E-state index < -0.39 is 23.8 Å². The first kappa shape index (κ1) is 13.0. The number of aliphatic hydroxyl groups is 1. The van der Waals surface area contributed by atoms with Gasteiger partial charge in [0.05, 0.1) is 18.7 Å². The zero-order valence-electron chi connectivity index (χ0n) is 10.2. The van der Waals surface area contributed by atoms with Crippen LogP contribution in [0.15, 0.2) is 0 Å². The number of hydrogen-bond acceptors (Lipinski definition) is 4. The largest absolute Gasteiger partial charge is 0.444 e. The molecular formula is C11H19NO4. The van der Waals surface area contributed by atoms with Crippen LogP contribution in [0.2, 0.25) is 0 Å². The highest BCUT2D eigenvalue weighted by atomic mass is 16.6. The second-order valence-electron chi connectivity index (χ2n) is 5.15. The molecule has 2 atom stereocenters. The molecule has 0 spiro atoms. The van der Waals surface area contributed by atoms with E-state index in [0.29, 0.717) is 6.42 Å². The summed E-state index contributed by atoms with van der Waals surface area (Å²) < 4.78 is 5.17. The first-order chi connectivity index (χ1) is 7.20. The second kappa shape index (κ2) is 4.41. The third-order valence-electron chi connectivity index (χ3n) is 2.38. The number of ether oxygens (including phenoxy) is 1. The van der Waals surface area contributed by atoms with Gasteiger partial charge < -0.3 is 9.84 Å². The lowest BCUT2D eigenvalue weighted by Gasteiger charge is -2.27. The Morgan fingerprint density at radius 2 is 1.94 bits per heavy atom. The van der Waals surface area contributed by atoms with Crippen LogP contribution >= 0.6 is 0 Å². The van der Waals surface area contributed by atoms with E-state index in [0.717, 1.165) is 0 Å². The molecule has 1 rings (SSSR count). The molecule has 1 fully saturated rings. The van der Waals surface area contributed by atoms with E-state index in [2.05, 4.69) is 0 Å². The van der Waals surface area contributed by atoms with E-state index in [1.807, 2.05) is 0 Å². The fourth-order valence-electron chi connectivity index (χ4n) is 1.72. The molecule has 1 aliphatic rings. The van der Waals surface area contributed by atoms with Gasteiger partial charge in [0.15, 0.2) is 5.78 Å². The molecule has 1 saturated heterocycles. The molecule has 16 heavy (non-hydrogen) atoms. The van der Waals surface area contributed by atoms with Gasteiger partial charge in [0, 0.05) is 6.42 Å². The number of ketones is 1. The Morgan fingerprint density at radius 3 is 2.38 bits per heavy atom. The van der Waals surface area contributed by atoms with Crippen molar-refractivity contribution in [1.82, 2.24) is 4.90 Å². The van der Waals surface area contributed by atoms with Crippen molar-refractivity contribution in [2.45, 2.75) is 51.9 Å². The molecule has 0 bridgehead atoms. The van der Waals surface area contributed by atoms with Crippen molar-refractivity contribution in [1.29, 1.82) is 0 Å². The van der Waals surface area contributed by atoms with Gasteiger partial charge in [0.1, 0.15) is 5.60 Å². The number of β-amino-alcohol motifs (C(OH)–C–C–N with tert-alkyl or cyclic N) is 1. The van der Waals surface area contributed by atoms with E-state index in [-0.39, 0.29) is 12.3 Å². The monoisotopic (exact) mass is 229 g/mol. The Labute approximate surface area is 95.4 Å². The number of aliphatic hydroxyl groups excluding tert-OH is 1. The number of carbonyl (C=O) groups excluding carboxylic acids is 2. The molecule has 1 N–H and O–H groups in total. The highest BCUT2D eigenvalue weighted by Gasteiger charge is 2.39. The topological polar surface area (TPSA) is 66.8 Å². The number of likely N-dealkylation sites (tertiary alicyclic amines) is 1. The molecule has 1 heterocycles. The predicted octanol–water partition coefficient (Wildman–Crippen LogP) is 0.946. The van der Waals surface area contributed by atoms with Crippen molar-refractivity contribution in [2.75, 3.05) is 6.54 Å². The fourth-order valence-corrected chi connectivity index (χ4v) is 1.72. The summed E-state index contributed by atoms with van der Waals surface area (Å²) in [6.45, 7) is 6.87. The maximum absolute atomic E-state index is 11.8. The summed E-state index contributed by atoms with van der Waals surface area (Å²) in [7, 11) is 0. The van der Waals surface area contributed by atoms with Crippen LogP contribution in [-0.4, -0.2) is 46.2 Å². The normalized spacial score (nSPS) is 25.7. The van der Waals surface area contributed by atoms with Crippen molar-refractivity contribution < 1.29 is 19.4 Å². The van der Waals surface area contributed by atoms with Crippen LogP contribution in [0.5, 0.6) is 0 Å². The van der Waals surface area contributed by atoms with Crippen molar-refractivity contribution in [3.63, 3.8) is 0 Å². The lowest BCUT2D eigenvalue weighted by atomic mass is 10.1. The predicted molar refractivity (Wildman–Crippen MR) is 58.0 cm³/mol. The molecule has 5 nitrogen and oxygen atoms in total. The second-order valence-corrected chi connectivity index (χ2v) is 5.15. The van der Waals surface area contributed by atoms with Crippen molar-refractivity contribution in [2.24, 2.45) is 0 Å². The van der Waals surface area contributed by atoms with Crippen molar-refractivity contribution in [3.8, 4) is 0 Å². The maximum Gasteiger partial charge on any atom is 0.410 e. The third-order valence-corrected chi connectivity index (χ3v) is 2.38. The highest BCUT2D eigenvalue weighted by molar-refractivity contribution is 5.86. The van der Waals surface area contributed by atoms with Gasteiger partial charge in [0.25, 0.3) is 0 Å². The molecule has 0 unspecified atom stereocenters.